The summed E-state index contributed by atoms with van der Waals surface area (Å²) >= 11 is 3.58. The molecular formula is C21H24BrN3O3. The van der Waals surface area contributed by atoms with Gasteiger partial charge >= 0.3 is 0 Å². The molecule has 0 amide bonds. The monoisotopic (exact) mass is 445 g/mol. The third kappa shape index (κ3) is 3.62. The van der Waals surface area contributed by atoms with E-state index in [1.54, 1.807) is 14.2 Å². The molecule has 0 saturated heterocycles. The van der Waals surface area contributed by atoms with Crippen LogP contribution in [0, 0.1) is 5.92 Å². The van der Waals surface area contributed by atoms with Gasteiger partial charge in [0.15, 0.2) is 0 Å². The maximum absolute atomic E-state index is 9.43. The summed E-state index contributed by atoms with van der Waals surface area (Å²) in [5.74, 6) is 2.06. The van der Waals surface area contributed by atoms with Crippen molar-refractivity contribution >= 4 is 26.8 Å². The molecule has 2 aromatic carbocycles. The van der Waals surface area contributed by atoms with Crippen molar-refractivity contribution in [1.82, 2.24) is 15.1 Å². The lowest BCUT2D eigenvalue weighted by atomic mass is 9.82. The molecule has 3 aromatic rings. The zero-order valence-electron chi connectivity index (χ0n) is 16.0. The number of aromatic nitrogens is 2. The molecule has 0 bridgehead atoms. The van der Waals surface area contributed by atoms with Gasteiger partial charge in [0.25, 0.3) is 0 Å². The Balaban J connectivity index is 1.63. The van der Waals surface area contributed by atoms with Gasteiger partial charge in [-0.25, -0.2) is 4.68 Å². The highest BCUT2D eigenvalue weighted by molar-refractivity contribution is 9.10. The van der Waals surface area contributed by atoms with Gasteiger partial charge < -0.3 is 19.9 Å². The fourth-order valence-corrected chi connectivity index (χ4v) is 4.21. The number of methoxy groups -OCH3 is 2. The van der Waals surface area contributed by atoms with Gasteiger partial charge in [0.2, 0.25) is 0 Å². The van der Waals surface area contributed by atoms with E-state index in [1.807, 2.05) is 41.2 Å². The number of ether oxygens (including phenoxy) is 2. The number of rotatable bonds is 7. The highest BCUT2D eigenvalue weighted by atomic mass is 79.9. The van der Waals surface area contributed by atoms with Crippen molar-refractivity contribution in [3.05, 3.63) is 46.6 Å². The minimum absolute atomic E-state index is 0.126. The van der Waals surface area contributed by atoms with E-state index in [4.69, 9.17) is 9.47 Å². The number of nitrogens with zero attached hydrogens (tertiary/aromatic N) is 2. The minimum atomic E-state index is -0.126. The van der Waals surface area contributed by atoms with Crippen LogP contribution in [0.2, 0.25) is 0 Å². The molecule has 1 fully saturated rings. The lowest BCUT2D eigenvalue weighted by Gasteiger charge is -2.31. The van der Waals surface area contributed by atoms with Gasteiger partial charge in [-0.1, -0.05) is 22.0 Å². The summed E-state index contributed by atoms with van der Waals surface area (Å²) in [5, 5.41) is 18.5. The number of nitrogens with one attached hydrogen (secondary N) is 1. The van der Waals surface area contributed by atoms with E-state index in [9.17, 15) is 5.11 Å². The molecule has 4 rings (SSSR count). The van der Waals surface area contributed by atoms with E-state index >= 15 is 0 Å². The van der Waals surface area contributed by atoms with Crippen LogP contribution >= 0.6 is 15.9 Å². The SMILES string of the molecule is COc1cc(-n2ncc3c(Br)cccc32)cc(OC)c1CNCC1CC(O)C1. The molecule has 1 aliphatic carbocycles. The molecule has 148 valence electrons. The number of benzene rings is 2. The highest BCUT2D eigenvalue weighted by Gasteiger charge is 2.26. The van der Waals surface area contributed by atoms with E-state index in [0.29, 0.717) is 12.5 Å². The molecule has 7 heteroatoms. The van der Waals surface area contributed by atoms with Crippen LogP contribution in [0.1, 0.15) is 18.4 Å². The summed E-state index contributed by atoms with van der Waals surface area (Å²) in [5.41, 5.74) is 2.87. The fourth-order valence-electron chi connectivity index (χ4n) is 3.76. The van der Waals surface area contributed by atoms with Crippen LogP contribution in [-0.4, -0.2) is 41.8 Å². The number of aliphatic hydroxyl groups excluding tert-OH is 1. The molecule has 0 radical (unpaired) electrons. The number of hydrogen-bond donors (Lipinski definition) is 2. The van der Waals surface area contributed by atoms with Gasteiger partial charge in [-0.2, -0.15) is 5.10 Å². The number of fused-ring (bicyclic) bond motifs is 1. The fraction of sp³-hybridized carbons (Fsp3) is 0.381. The summed E-state index contributed by atoms with van der Waals surface area (Å²) in [6.07, 6.45) is 3.48. The van der Waals surface area contributed by atoms with Gasteiger partial charge in [-0.05, 0) is 37.4 Å². The highest BCUT2D eigenvalue weighted by Crippen LogP contribution is 2.34. The summed E-state index contributed by atoms with van der Waals surface area (Å²) in [6.45, 7) is 1.52. The van der Waals surface area contributed by atoms with Gasteiger partial charge in [-0.3, -0.25) is 0 Å². The van der Waals surface area contributed by atoms with Crippen molar-refractivity contribution in [2.45, 2.75) is 25.5 Å². The summed E-state index contributed by atoms with van der Waals surface area (Å²) in [6, 6.07) is 10.0. The summed E-state index contributed by atoms with van der Waals surface area (Å²) < 4.78 is 14.2. The maximum Gasteiger partial charge on any atom is 0.129 e. The largest absolute Gasteiger partial charge is 0.496 e. The zero-order chi connectivity index (χ0) is 19.7. The summed E-state index contributed by atoms with van der Waals surface area (Å²) in [7, 11) is 3.34. The van der Waals surface area contributed by atoms with Crippen molar-refractivity contribution in [3.8, 4) is 17.2 Å². The molecule has 0 aliphatic heterocycles. The Bertz CT molecular complexity index is 957. The number of aliphatic hydroxyl groups is 1. The smallest absolute Gasteiger partial charge is 0.129 e. The van der Waals surface area contributed by atoms with E-state index < -0.39 is 0 Å². The van der Waals surface area contributed by atoms with Crippen molar-refractivity contribution in [2.75, 3.05) is 20.8 Å². The topological polar surface area (TPSA) is 68.5 Å². The summed E-state index contributed by atoms with van der Waals surface area (Å²) in [4.78, 5) is 0. The van der Waals surface area contributed by atoms with Crippen LogP contribution < -0.4 is 14.8 Å². The van der Waals surface area contributed by atoms with E-state index in [-0.39, 0.29) is 6.10 Å². The van der Waals surface area contributed by atoms with E-state index in [0.717, 1.165) is 57.5 Å². The normalized spacial score (nSPS) is 18.9. The second-order valence-electron chi connectivity index (χ2n) is 7.18. The third-order valence-electron chi connectivity index (χ3n) is 5.34. The standard InChI is InChI=1S/C21H24BrN3O3/c1-27-20-8-14(25-19-5-3-4-18(22)16(19)12-24-25)9-21(28-2)17(20)11-23-10-13-6-15(26)7-13/h3-5,8-9,12-13,15,23,26H,6-7,10-11H2,1-2H3. The van der Waals surface area contributed by atoms with Crippen LogP contribution in [0.25, 0.3) is 16.6 Å². The molecule has 1 aliphatic rings. The quantitative estimate of drug-likeness (QED) is 0.580. The van der Waals surface area contributed by atoms with Crippen LogP contribution in [0.4, 0.5) is 0 Å². The first-order valence-electron chi connectivity index (χ1n) is 9.37. The molecule has 0 spiro atoms. The van der Waals surface area contributed by atoms with Crippen LogP contribution in [0.5, 0.6) is 11.5 Å². The number of hydrogen-bond acceptors (Lipinski definition) is 5. The molecule has 0 atom stereocenters. The maximum atomic E-state index is 9.43. The molecule has 0 unspecified atom stereocenters. The van der Waals surface area contributed by atoms with Gasteiger partial charge in [0, 0.05) is 28.5 Å². The average Bonchev–Trinajstić information content (AvgIpc) is 3.11. The van der Waals surface area contributed by atoms with Crippen molar-refractivity contribution in [1.29, 1.82) is 0 Å². The van der Waals surface area contributed by atoms with E-state index in [1.165, 1.54) is 0 Å². The minimum Gasteiger partial charge on any atom is -0.496 e. The molecule has 2 N–H and O–H groups in total. The zero-order valence-corrected chi connectivity index (χ0v) is 17.6. The van der Waals surface area contributed by atoms with Crippen molar-refractivity contribution in [3.63, 3.8) is 0 Å². The Labute approximate surface area is 172 Å². The first-order valence-corrected chi connectivity index (χ1v) is 10.2. The number of halogens is 1. The first-order chi connectivity index (χ1) is 13.6. The van der Waals surface area contributed by atoms with Crippen molar-refractivity contribution < 1.29 is 14.6 Å². The Morgan fingerprint density at radius 3 is 2.57 bits per heavy atom. The molecule has 1 saturated carbocycles. The van der Waals surface area contributed by atoms with Gasteiger partial charge in [0.1, 0.15) is 11.5 Å². The first kappa shape index (κ1) is 19.2. The van der Waals surface area contributed by atoms with Crippen LogP contribution in [0.3, 0.4) is 0 Å². The average molecular weight is 446 g/mol. The Kier molecular flexibility index (Phi) is 5.57. The van der Waals surface area contributed by atoms with Gasteiger partial charge in [0.05, 0.1) is 43.3 Å². The molecule has 1 heterocycles. The molecule has 1 aromatic heterocycles. The molecule has 28 heavy (non-hydrogen) atoms. The Morgan fingerprint density at radius 2 is 1.93 bits per heavy atom. The second-order valence-corrected chi connectivity index (χ2v) is 8.03. The molecular weight excluding hydrogens is 422 g/mol. The second kappa shape index (κ2) is 8.11. The van der Waals surface area contributed by atoms with Crippen LogP contribution in [-0.2, 0) is 6.54 Å². The lowest BCUT2D eigenvalue weighted by Crippen LogP contribution is -2.36. The van der Waals surface area contributed by atoms with Gasteiger partial charge in [-0.15, -0.1) is 0 Å². The van der Waals surface area contributed by atoms with Crippen LogP contribution in [0.15, 0.2) is 41.0 Å². The Morgan fingerprint density at radius 1 is 1.21 bits per heavy atom. The van der Waals surface area contributed by atoms with Crippen molar-refractivity contribution in [2.24, 2.45) is 5.92 Å². The molecule has 6 nitrogen and oxygen atoms in total. The predicted molar refractivity (Wildman–Crippen MR) is 112 cm³/mol. The predicted octanol–water partition coefficient (Wildman–Crippen LogP) is 3.67. The Hall–Kier alpha value is -2.09. The lowest BCUT2D eigenvalue weighted by molar-refractivity contribution is 0.0429. The van der Waals surface area contributed by atoms with E-state index in [2.05, 4.69) is 26.3 Å². The third-order valence-corrected chi connectivity index (χ3v) is 6.03.